The molecule has 0 aliphatic heterocycles. The molecule has 0 saturated heterocycles. The number of aromatic nitrogens is 2. The van der Waals surface area contributed by atoms with Crippen molar-refractivity contribution in [3.63, 3.8) is 0 Å². The minimum Gasteiger partial charge on any atom is -0.346 e. The molecule has 18 heavy (non-hydrogen) atoms. The topological polar surface area (TPSA) is 54.9 Å². The Morgan fingerprint density at radius 1 is 1.39 bits per heavy atom. The molecule has 0 aromatic carbocycles. The number of carbonyl (C=O) groups excluding carboxylic acids is 1. The van der Waals surface area contributed by atoms with E-state index in [0.717, 1.165) is 4.88 Å². The van der Waals surface area contributed by atoms with Gasteiger partial charge in [0.2, 0.25) is 0 Å². The van der Waals surface area contributed by atoms with Gasteiger partial charge in [0, 0.05) is 9.75 Å². The maximum Gasteiger partial charge on any atom is 0.272 e. The highest BCUT2D eigenvalue weighted by atomic mass is 35.5. The van der Waals surface area contributed by atoms with Crippen molar-refractivity contribution in [2.45, 2.75) is 20.4 Å². The smallest absolute Gasteiger partial charge is 0.272 e. The second-order valence-corrected chi connectivity index (χ2v) is 5.60. The van der Waals surface area contributed by atoms with E-state index < -0.39 is 0 Å². The van der Waals surface area contributed by atoms with E-state index in [1.807, 2.05) is 0 Å². The third-order valence-corrected chi connectivity index (χ3v) is 3.86. The number of nitrogens with one attached hydrogen (secondary N) is 1. The summed E-state index contributed by atoms with van der Waals surface area (Å²) in [5.41, 5.74) is 1.51. The van der Waals surface area contributed by atoms with Crippen LogP contribution >= 0.6 is 22.9 Å². The van der Waals surface area contributed by atoms with Gasteiger partial charge in [-0.2, -0.15) is 0 Å². The van der Waals surface area contributed by atoms with Crippen LogP contribution in [0.4, 0.5) is 0 Å². The molecular weight excluding hydrogens is 270 g/mol. The van der Waals surface area contributed by atoms with Crippen LogP contribution in [0, 0.1) is 13.8 Å². The third-order valence-electron chi connectivity index (χ3n) is 2.50. The van der Waals surface area contributed by atoms with Gasteiger partial charge in [-0.3, -0.25) is 4.79 Å². The van der Waals surface area contributed by atoms with E-state index in [-0.39, 0.29) is 16.8 Å². The van der Waals surface area contributed by atoms with E-state index in [4.69, 9.17) is 11.6 Å². The molecule has 2 heterocycles. The van der Waals surface area contributed by atoms with E-state index in [9.17, 15) is 4.79 Å². The summed E-state index contributed by atoms with van der Waals surface area (Å²) in [6.07, 6.45) is 0. The van der Waals surface area contributed by atoms with Crippen LogP contribution in [0.15, 0.2) is 18.2 Å². The molecule has 1 amide bonds. The van der Waals surface area contributed by atoms with Gasteiger partial charge in [0.25, 0.3) is 5.91 Å². The number of aryl methyl sites for hydroxylation is 2. The van der Waals surface area contributed by atoms with Crippen LogP contribution in [-0.4, -0.2) is 16.1 Å². The van der Waals surface area contributed by atoms with Crippen LogP contribution in [0.25, 0.3) is 0 Å². The van der Waals surface area contributed by atoms with Crippen molar-refractivity contribution in [2.24, 2.45) is 0 Å². The first-order chi connectivity index (χ1) is 8.56. The Kier molecular flexibility index (Phi) is 3.93. The van der Waals surface area contributed by atoms with Gasteiger partial charge in [-0.25, -0.2) is 0 Å². The Bertz CT molecular complexity index is 546. The molecule has 0 bridgehead atoms. The molecule has 0 spiro atoms. The standard InChI is InChI=1S/C12H12ClN3OS/c1-7-5-9(18-8(7)2)6-14-12(17)10-3-4-11(13)16-15-10/h3-5H,6H2,1-2H3,(H,14,17). The number of amides is 1. The van der Waals surface area contributed by atoms with Gasteiger partial charge in [-0.05, 0) is 37.6 Å². The third kappa shape index (κ3) is 3.05. The molecule has 0 radical (unpaired) electrons. The van der Waals surface area contributed by atoms with Crippen molar-refractivity contribution >= 4 is 28.8 Å². The Labute approximate surface area is 114 Å². The molecule has 0 unspecified atom stereocenters. The molecule has 2 aromatic heterocycles. The van der Waals surface area contributed by atoms with Gasteiger partial charge in [-0.1, -0.05) is 11.6 Å². The van der Waals surface area contributed by atoms with Crippen molar-refractivity contribution in [1.82, 2.24) is 15.5 Å². The molecule has 0 fully saturated rings. The maximum absolute atomic E-state index is 11.8. The van der Waals surface area contributed by atoms with Gasteiger partial charge in [-0.15, -0.1) is 21.5 Å². The highest BCUT2D eigenvalue weighted by Crippen LogP contribution is 2.20. The quantitative estimate of drug-likeness (QED) is 0.941. The zero-order chi connectivity index (χ0) is 13.1. The van der Waals surface area contributed by atoms with Crippen molar-refractivity contribution in [3.8, 4) is 0 Å². The number of hydrogen-bond acceptors (Lipinski definition) is 4. The number of rotatable bonds is 3. The monoisotopic (exact) mass is 281 g/mol. The lowest BCUT2D eigenvalue weighted by atomic mass is 10.3. The summed E-state index contributed by atoms with van der Waals surface area (Å²) < 4.78 is 0. The van der Waals surface area contributed by atoms with Gasteiger partial charge >= 0.3 is 0 Å². The van der Waals surface area contributed by atoms with Crippen molar-refractivity contribution < 1.29 is 4.79 Å². The van der Waals surface area contributed by atoms with Gasteiger partial charge in [0.05, 0.1) is 6.54 Å². The molecule has 0 atom stereocenters. The predicted molar refractivity (Wildman–Crippen MR) is 72.0 cm³/mol. The molecule has 6 heteroatoms. The Hall–Kier alpha value is -1.46. The molecule has 94 valence electrons. The SMILES string of the molecule is Cc1cc(CNC(=O)c2ccc(Cl)nn2)sc1C. The van der Waals surface area contributed by atoms with Crippen molar-refractivity contribution in [2.75, 3.05) is 0 Å². The van der Waals surface area contributed by atoms with E-state index >= 15 is 0 Å². The Morgan fingerprint density at radius 2 is 2.17 bits per heavy atom. The van der Waals surface area contributed by atoms with Gasteiger partial charge in [0.1, 0.15) is 0 Å². The first-order valence-electron chi connectivity index (χ1n) is 5.39. The molecule has 1 N–H and O–H groups in total. The summed E-state index contributed by atoms with van der Waals surface area (Å²) in [5.74, 6) is -0.247. The van der Waals surface area contributed by atoms with E-state index in [2.05, 4.69) is 35.4 Å². The van der Waals surface area contributed by atoms with Crippen LogP contribution < -0.4 is 5.32 Å². The molecule has 0 aliphatic rings. The number of carbonyl (C=O) groups is 1. The highest BCUT2D eigenvalue weighted by molar-refractivity contribution is 7.12. The molecule has 0 saturated carbocycles. The molecular formula is C12H12ClN3OS. The van der Waals surface area contributed by atoms with Crippen LogP contribution in [0.1, 0.15) is 25.8 Å². The molecule has 2 rings (SSSR count). The average molecular weight is 282 g/mol. The van der Waals surface area contributed by atoms with Crippen LogP contribution in [0.3, 0.4) is 0 Å². The normalized spacial score (nSPS) is 10.4. The lowest BCUT2D eigenvalue weighted by molar-refractivity contribution is 0.0945. The van der Waals surface area contributed by atoms with Crippen LogP contribution in [0.5, 0.6) is 0 Å². The summed E-state index contributed by atoms with van der Waals surface area (Å²) >= 11 is 7.29. The zero-order valence-electron chi connectivity index (χ0n) is 10.0. The fourth-order valence-electron chi connectivity index (χ4n) is 1.43. The van der Waals surface area contributed by atoms with Crippen LogP contribution in [0.2, 0.25) is 5.15 Å². The number of halogens is 1. The van der Waals surface area contributed by atoms with Gasteiger partial charge < -0.3 is 5.32 Å². The average Bonchev–Trinajstić information content (AvgIpc) is 2.67. The second-order valence-electron chi connectivity index (χ2n) is 3.88. The predicted octanol–water partition coefficient (Wildman–Crippen LogP) is 2.74. The first kappa shape index (κ1) is 13.0. The van der Waals surface area contributed by atoms with Crippen LogP contribution in [-0.2, 0) is 6.54 Å². The summed E-state index contributed by atoms with van der Waals surface area (Å²) in [4.78, 5) is 14.2. The highest BCUT2D eigenvalue weighted by Gasteiger charge is 2.08. The fraction of sp³-hybridized carbons (Fsp3) is 0.250. The molecule has 2 aromatic rings. The van der Waals surface area contributed by atoms with E-state index in [1.54, 1.807) is 23.5 Å². The summed E-state index contributed by atoms with van der Waals surface area (Å²) in [7, 11) is 0. The number of thiophene rings is 1. The lowest BCUT2D eigenvalue weighted by Gasteiger charge is -2.02. The second kappa shape index (κ2) is 5.46. The van der Waals surface area contributed by atoms with E-state index in [0.29, 0.717) is 6.54 Å². The first-order valence-corrected chi connectivity index (χ1v) is 6.59. The summed E-state index contributed by atoms with van der Waals surface area (Å²) in [5, 5.41) is 10.4. The van der Waals surface area contributed by atoms with Gasteiger partial charge in [0.15, 0.2) is 10.8 Å². The minimum atomic E-state index is -0.247. The summed E-state index contributed by atoms with van der Waals surface area (Å²) in [6.45, 7) is 4.63. The molecule has 4 nitrogen and oxygen atoms in total. The van der Waals surface area contributed by atoms with E-state index in [1.165, 1.54) is 10.4 Å². The minimum absolute atomic E-state index is 0.247. The Balaban J connectivity index is 1.98. The maximum atomic E-state index is 11.8. The largest absolute Gasteiger partial charge is 0.346 e. The number of nitrogens with zero attached hydrogens (tertiary/aromatic N) is 2. The Morgan fingerprint density at radius 3 is 2.72 bits per heavy atom. The molecule has 0 aliphatic carbocycles. The fourth-order valence-corrected chi connectivity index (χ4v) is 2.53. The lowest BCUT2D eigenvalue weighted by Crippen LogP contribution is -2.23. The van der Waals surface area contributed by atoms with Crippen molar-refractivity contribution in [3.05, 3.63) is 44.4 Å². The number of hydrogen-bond donors (Lipinski definition) is 1. The van der Waals surface area contributed by atoms with Crippen molar-refractivity contribution in [1.29, 1.82) is 0 Å². The summed E-state index contributed by atoms with van der Waals surface area (Å²) in [6, 6.07) is 5.17. The zero-order valence-corrected chi connectivity index (χ0v) is 11.6.